The fourth-order valence-corrected chi connectivity index (χ4v) is 5.76. The molecule has 6 heteroatoms. The molecule has 1 N–H and O–H groups in total. The summed E-state index contributed by atoms with van der Waals surface area (Å²) in [6, 6.07) is 10.5. The van der Waals surface area contributed by atoms with Crippen LogP contribution in [0.4, 0.5) is 4.79 Å². The molecule has 1 heterocycles. The topological polar surface area (TPSA) is 64.6 Å². The maximum absolute atomic E-state index is 12.1. The van der Waals surface area contributed by atoms with Crippen molar-refractivity contribution in [3.63, 3.8) is 0 Å². The second-order valence-electron chi connectivity index (χ2n) is 9.95. The van der Waals surface area contributed by atoms with Crippen molar-refractivity contribution in [3.05, 3.63) is 47.0 Å². The third-order valence-electron chi connectivity index (χ3n) is 6.94. The van der Waals surface area contributed by atoms with Gasteiger partial charge in [0.25, 0.3) is 5.24 Å². The molecule has 0 bridgehead atoms. The Kier molecular flexibility index (Phi) is 5.78. The van der Waals surface area contributed by atoms with Crippen LogP contribution < -0.4 is 14.8 Å². The van der Waals surface area contributed by atoms with Crippen molar-refractivity contribution in [1.29, 1.82) is 0 Å². The average molecular weight is 454 g/mol. The van der Waals surface area contributed by atoms with E-state index in [4.69, 9.17) is 9.47 Å². The number of rotatable bonds is 5. The Morgan fingerprint density at radius 3 is 2.25 bits per heavy atom. The first-order chi connectivity index (χ1) is 15.1. The van der Waals surface area contributed by atoms with E-state index in [0.717, 1.165) is 47.0 Å². The van der Waals surface area contributed by atoms with Crippen LogP contribution in [0.3, 0.4) is 0 Å². The van der Waals surface area contributed by atoms with Gasteiger partial charge in [0, 0.05) is 0 Å². The number of thioether (sulfide) groups is 1. The molecule has 5 nitrogen and oxygen atoms in total. The molecule has 2 amide bonds. The molecule has 1 aliphatic heterocycles. The van der Waals surface area contributed by atoms with E-state index in [2.05, 4.69) is 51.2 Å². The summed E-state index contributed by atoms with van der Waals surface area (Å²) in [6.07, 6.45) is 2.70. The van der Waals surface area contributed by atoms with E-state index in [1.165, 1.54) is 11.1 Å². The molecular weight excluding hydrogens is 422 g/mol. The van der Waals surface area contributed by atoms with Crippen molar-refractivity contribution in [2.45, 2.75) is 63.0 Å². The Balaban J connectivity index is 1.84. The Bertz CT molecular complexity index is 1090. The maximum atomic E-state index is 12.1. The molecular formula is C26H31NO4S. The molecule has 1 atom stereocenters. The highest BCUT2D eigenvalue weighted by Gasteiger charge is 2.37. The molecule has 1 fully saturated rings. The monoisotopic (exact) mass is 453 g/mol. The Labute approximate surface area is 194 Å². The number of nitrogens with one attached hydrogen (secondary N) is 1. The lowest BCUT2D eigenvalue weighted by molar-refractivity contribution is -0.118. The van der Waals surface area contributed by atoms with Gasteiger partial charge in [-0.1, -0.05) is 63.7 Å². The highest BCUT2D eigenvalue weighted by atomic mass is 32.2. The summed E-state index contributed by atoms with van der Waals surface area (Å²) in [5, 5.41) is 1.61. The van der Waals surface area contributed by atoms with Gasteiger partial charge in [0.15, 0.2) is 0 Å². The summed E-state index contributed by atoms with van der Waals surface area (Å²) >= 11 is 1.03. The molecule has 1 saturated heterocycles. The number of hydrogen-bond donors (Lipinski definition) is 1. The van der Waals surface area contributed by atoms with Gasteiger partial charge in [0.2, 0.25) is 5.91 Å². The number of amides is 2. The van der Waals surface area contributed by atoms with E-state index in [1.807, 2.05) is 12.1 Å². The first kappa shape index (κ1) is 22.7. The van der Waals surface area contributed by atoms with Gasteiger partial charge in [-0.05, 0) is 58.4 Å². The van der Waals surface area contributed by atoms with Crippen LogP contribution in [0, 0.1) is 0 Å². The predicted molar refractivity (Wildman–Crippen MR) is 129 cm³/mol. The molecule has 2 aromatic rings. The summed E-state index contributed by atoms with van der Waals surface area (Å²) in [7, 11) is 3.29. The second kappa shape index (κ2) is 8.14. The van der Waals surface area contributed by atoms with Crippen molar-refractivity contribution >= 4 is 22.9 Å². The fourth-order valence-electron chi connectivity index (χ4n) is 4.92. The molecule has 2 aliphatic rings. The minimum absolute atomic E-state index is 0.0812. The van der Waals surface area contributed by atoms with E-state index in [0.29, 0.717) is 12.2 Å². The number of hydrogen-bond acceptors (Lipinski definition) is 5. The van der Waals surface area contributed by atoms with E-state index in [-0.39, 0.29) is 22.0 Å². The predicted octanol–water partition coefficient (Wildman–Crippen LogP) is 5.61. The van der Waals surface area contributed by atoms with Gasteiger partial charge in [0.1, 0.15) is 11.5 Å². The van der Waals surface area contributed by atoms with Gasteiger partial charge in [-0.25, -0.2) is 0 Å². The highest BCUT2D eigenvalue weighted by Crippen LogP contribution is 2.49. The second-order valence-corrected chi connectivity index (χ2v) is 11.1. The van der Waals surface area contributed by atoms with Crippen molar-refractivity contribution in [2.24, 2.45) is 0 Å². The average Bonchev–Trinajstić information content (AvgIpc) is 3.07. The molecule has 170 valence electrons. The molecule has 0 saturated carbocycles. The molecule has 1 aliphatic carbocycles. The van der Waals surface area contributed by atoms with Crippen LogP contribution in [0.5, 0.6) is 11.5 Å². The summed E-state index contributed by atoms with van der Waals surface area (Å²) in [5.41, 5.74) is 5.76. The van der Waals surface area contributed by atoms with Crippen molar-refractivity contribution in [2.75, 3.05) is 14.2 Å². The number of carbonyl (C=O) groups excluding carboxylic acids is 2. The summed E-state index contributed by atoms with van der Waals surface area (Å²) < 4.78 is 11.6. The third-order valence-corrected chi connectivity index (χ3v) is 7.92. The highest BCUT2D eigenvalue weighted by molar-refractivity contribution is 8.15. The lowest BCUT2D eigenvalue weighted by atomic mass is 9.63. The number of fused-ring (bicyclic) bond motifs is 1. The molecule has 0 spiro atoms. The molecule has 0 aromatic heterocycles. The number of imide groups is 1. The zero-order chi connectivity index (χ0) is 23.3. The maximum Gasteiger partial charge on any atom is 0.286 e. The zero-order valence-corrected chi connectivity index (χ0v) is 20.4. The number of benzene rings is 2. The quantitative estimate of drug-likeness (QED) is 0.637. The van der Waals surface area contributed by atoms with Crippen molar-refractivity contribution in [1.82, 2.24) is 5.32 Å². The van der Waals surface area contributed by atoms with Gasteiger partial charge >= 0.3 is 0 Å². The van der Waals surface area contributed by atoms with Crippen LogP contribution in [0.1, 0.15) is 57.2 Å². The smallest absolute Gasteiger partial charge is 0.286 e. The molecule has 4 rings (SSSR count). The van der Waals surface area contributed by atoms with Crippen LogP contribution >= 0.6 is 11.8 Å². The fraction of sp³-hybridized carbons (Fsp3) is 0.462. The third kappa shape index (κ3) is 3.90. The minimum Gasteiger partial charge on any atom is -0.496 e. The van der Waals surface area contributed by atoms with Crippen molar-refractivity contribution < 1.29 is 19.1 Å². The van der Waals surface area contributed by atoms with Crippen LogP contribution in [-0.4, -0.2) is 30.6 Å². The number of methoxy groups -OCH3 is 2. The SMILES string of the molecule is COc1ccc(CC2SC(=O)NC2=O)c(OC)c1-c1ccc2c(c1)C(C)(C)CCC2(C)C. The van der Waals surface area contributed by atoms with Gasteiger partial charge in [-0.15, -0.1) is 0 Å². The first-order valence-corrected chi connectivity index (χ1v) is 11.9. The Morgan fingerprint density at radius 2 is 1.66 bits per heavy atom. The zero-order valence-electron chi connectivity index (χ0n) is 19.6. The molecule has 0 radical (unpaired) electrons. The normalized spacial score (nSPS) is 21.1. The van der Waals surface area contributed by atoms with E-state index < -0.39 is 5.25 Å². The number of ether oxygens (including phenoxy) is 2. The van der Waals surface area contributed by atoms with Gasteiger partial charge in [-0.2, -0.15) is 0 Å². The lowest BCUT2D eigenvalue weighted by Crippen LogP contribution is -2.33. The molecule has 2 aromatic carbocycles. The summed E-state index contributed by atoms with van der Waals surface area (Å²) in [6.45, 7) is 9.24. The van der Waals surface area contributed by atoms with Crippen LogP contribution in [0.2, 0.25) is 0 Å². The van der Waals surface area contributed by atoms with Gasteiger partial charge in [-0.3, -0.25) is 14.9 Å². The Hall–Kier alpha value is -2.47. The van der Waals surface area contributed by atoms with Crippen LogP contribution in [0.15, 0.2) is 30.3 Å². The van der Waals surface area contributed by atoms with Crippen molar-refractivity contribution in [3.8, 4) is 22.6 Å². The van der Waals surface area contributed by atoms with E-state index in [9.17, 15) is 9.59 Å². The lowest BCUT2D eigenvalue weighted by Gasteiger charge is -2.42. The van der Waals surface area contributed by atoms with Gasteiger partial charge in [0.05, 0.1) is 25.0 Å². The summed E-state index contributed by atoms with van der Waals surface area (Å²) in [5.74, 6) is 1.15. The Morgan fingerprint density at radius 1 is 0.969 bits per heavy atom. The first-order valence-electron chi connectivity index (χ1n) is 11.0. The number of carbonyl (C=O) groups is 2. The molecule has 1 unspecified atom stereocenters. The minimum atomic E-state index is -0.457. The van der Waals surface area contributed by atoms with Crippen LogP contribution in [0.25, 0.3) is 11.1 Å². The summed E-state index contributed by atoms with van der Waals surface area (Å²) in [4.78, 5) is 23.8. The van der Waals surface area contributed by atoms with E-state index >= 15 is 0 Å². The van der Waals surface area contributed by atoms with E-state index in [1.54, 1.807) is 14.2 Å². The largest absolute Gasteiger partial charge is 0.496 e. The van der Waals surface area contributed by atoms with Crippen LogP contribution in [-0.2, 0) is 22.0 Å². The standard InChI is InChI=1S/C26H31NO4S/c1-25(2)11-12-26(3,4)18-13-15(7-9-17(18)25)21-19(30-5)10-8-16(22(21)31-6)14-20-23(28)27-24(29)32-20/h7-10,13,20H,11-12,14H2,1-6H3,(H,27,28,29). The molecule has 32 heavy (non-hydrogen) atoms. The van der Waals surface area contributed by atoms with Gasteiger partial charge < -0.3 is 9.47 Å².